The van der Waals surface area contributed by atoms with Gasteiger partial charge in [0.2, 0.25) is 11.8 Å². The molecule has 3 N–H and O–H groups in total. The fourth-order valence-electron chi connectivity index (χ4n) is 10.2. The zero-order valence-electron chi connectivity index (χ0n) is 33.7. The Bertz CT molecular complexity index is 2180. The highest BCUT2D eigenvalue weighted by molar-refractivity contribution is 6.91. The SMILES string of the molecule is COc1ccc([Si](C)(C)[C@H]2[C@H](CC(=O)N3Cc4ccccc4C[C@H]3CO)O[C@@]3(C(=O)N(Cc4ccc(NC(=O)C5CCCNC5)cc4)c4ccc(Cl)cc43)[C@@H]2C)cc1. The minimum absolute atomic E-state index is 0.00970. The van der Waals surface area contributed by atoms with Gasteiger partial charge < -0.3 is 35.0 Å². The van der Waals surface area contributed by atoms with Crippen molar-refractivity contribution < 1.29 is 29.0 Å². The van der Waals surface area contributed by atoms with Crippen LogP contribution in [0.1, 0.15) is 48.4 Å². The fraction of sp³-hybridized carbons (Fsp3) is 0.413. The van der Waals surface area contributed by atoms with Gasteiger partial charge in [0.05, 0.1) is 58.5 Å². The second kappa shape index (κ2) is 16.3. The summed E-state index contributed by atoms with van der Waals surface area (Å²) in [5.74, 6) is 0.0979. The lowest BCUT2D eigenvalue weighted by molar-refractivity contribution is -0.151. The number of nitrogens with zero attached hydrogens (tertiary/aromatic N) is 2. The number of benzene rings is 4. The number of aliphatic hydroxyl groups is 1. The van der Waals surface area contributed by atoms with E-state index in [0.717, 1.165) is 47.5 Å². The van der Waals surface area contributed by atoms with E-state index in [1.165, 1.54) is 5.19 Å². The highest BCUT2D eigenvalue weighted by Crippen LogP contribution is 2.60. The Kier molecular flexibility index (Phi) is 11.3. The van der Waals surface area contributed by atoms with Gasteiger partial charge in [-0.25, -0.2) is 0 Å². The van der Waals surface area contributed by atoms with Crippen molar-refractivity contribution in [2.75, 3.05) is 37.0 Å². The molecule has 8 rings (SSSR count). The molecule has 0 radical (unpaired) electrons. The van der Waals surface area contributed by atoms with Crippen LogP contribution in [0, 0.1) is 11.8 Å². The van der Waals surface area contributed by atoms with Crippen molar-refractivity contribution in [1.82, 2.24) is 10.2 Å². The van der Waals surface area contributed by atoms with Crippen LogP contribution >= 0.6 is 11.6 Å². The third kappa shape index (κ3) is 7.25. The summed E-state index contributed by atoms with van der Waals surface area (Å²) < 4.78 is 12.8. The molecule has 6 atom stereocenters. The quantitative estimate of drug-likeness (QED) is 0.159. The monoisotopic (exact) mass is 820 g/mol. The molecule has 2 saturated heterocycles. The van der Waals surface area contributed by atoms with Crippen LogP contribution in [0.4, 0.5) is 11.4 Å². The number of hydrogen-bond donors (Lipinski definition) is 3. The van der Waals surface area contributed by atoms with Crippen LogP contribution in [-0.2, 0) is 44.2 Å². The molecule has 2 fully saturated rings. The van der Waals surface area contributed by atoms with Gasteiger partial charge in [0.1, 0.15) is 5.75 Å². The molecule has 4 aliphatic rings. The predicted molar refractivity (Wildman–Crippen MR) is 229 cm³/mol. The second-order valence-electron chi connectivity index (χ2n) is 17.0. The van der Waals surface area contributed by atoms with E-state index in [1.54, 1.807) is 23.0 Å². The molecule has 4 aliphatic heterocycles. The Morgan fingerprint density at radius 1 is 1.03 bits per heavy atom. The first-order chi connectivity index (χ1) is 27.9. The zero-order chi connectivity index (χ0) is 40.8. The third-order valence-electron chi connectivity index (χ3n) is 13.3. The van der Waals surface area contributed by atoms with Crippen LogP contribution in [0.3, 0.4) is 0 Å². The molecule has 0 bridgehead atoms. The number of halogens is 1. The number of methoxy groups -OCH3 is 1. The van der Waals surface area contributed by atoms with E-state index in [9.17, 15) is 14.7 Å². The normalized spacial score (nSPS) is 25.4. The summed E-state index contributed by atoms with van der Waals surface area (Å²) in [4.78, 5) is 46.4. The molecular weight excluding hydrogens is 768 g/mol. The largest absolute Gasteiger partial charge is 0.497 e. The van der Waals surface area contributed by atoms with Gasteiger partial charge in [0, 0.05) is 35.3 Å². The lowest BCUT2D eigenvalue weighted by Crippen LogP contribution is -2.52. The molecule has 0 aromatic heterocycles. The summed E-state index contributed by atoms with van der Waals surface area (Å²) >= 11 is 6.74. The molecule has 3 amide bonds. The van der Waals surface area contributed by atoms with Crippen LogP contribution in [0.25, 0.3) is 0 Å². The molecule has 12 heteroatoms. The summed E-state index contributed by atoms with van der Waals surface area (Å²) in [6.45, 7) is 8.86. The van der Waals surface area contributed by atoms with Crippen LogP contribution in [-0.4, -0.2) is 74.8 Å². The standard InChI is InChI=1S/C46H53ClN4O6Si/c1-29-43(58(3,4)38-18-16-37(56-2)17-19-38)41(24-42(53)50-27-33-9-6-5-8-31(33)22-36(50)28-52)57-46(29)39-23-34(47)13-20-40(39)51(45(46)55)26-30-11-14-35(15-12-30)49-44(54)32-10-7-21-48-25-32/h5-6,8-9,11-20,23,29,32,36,41,43,48,52H,7,10,21-22,24-28H2,1-4H3,(H,49,54)/t29-,32?,36+,41+,43-,46+/m1/s1. The lowest BCUT2D eigenvalue weighted by Gasteiger charge is -2.39. The maximum Gasteiger partial charge on any atom is 0.264 e. The summed E-state index contributed by atoms with van der Waals surface area (Å²) in [5.41, 5.74) is 3.71. The summed E-state index contributed by atoms with van der Waals surface area (Å²) in [5, 5.41) is 18.5. The molecule has 1 spiro atoms. The Hall–Kier alpha value is -4.52. The maximum absolute atomic E-state index is 15.3. The van der Waals surface area contributed by atoms with Crippen molar-refractivity contribution in [3.63, 3.8) is 0 Å². The van der Waals surface area contributed by atoms with Crippen molar-refractivity contribution in [3.05, 3.63) is 118 Å². The molecule has 4 aromatic rings. The number of anilines is 2. The summed E-state index contributed by atoms with van der Waals surface area (Å²) in [6.07, 6.45) is 1.89. The predicted octanol–water partition coefficient (Wildman–Crippen LogP) is 6.39. The van der Waals surface area contributed by atoms with E-state index in [4.69, 9.17) is 21.1 Å². The van der Waals surface area contributed by atoms with Crippen molar-refractivity contribution >= 4 is 54.0 Å². The van der Waals surface area contributed by atoms with Gasteiger partial charge in [0.15, 0.2) is 5.60 Å². The van der Waals surface area contributed by atoms with Crippen molar-refractivity contribution in [2.24, 2.45) is 11.8 Å². The number of piperidine rings is 1. The molecule has 304 valence electrons. The summed E-state index contributed by atoms with van der Waals surface area (Å²) in [7, 11) is -0.888. The Balaban J connectivity index is 1.12. The van der Waals surface area contributed by atoms with Gasteiger partial charge in [-0.3, -0.25) is 14.4 Å². The smallest absolute Gasteiger partial charge is 0.264 e. The molecule has 1 unspecified atom stereocenters. The highest BCUT2D eigenvalue weighted by atomic mass is 35.5. The van der Waals surface area contributed by atoms with Crippen molar-refractivity contribution in [1.29, 1.82) is 0 Å². The Morgan fingerprint density at radius 3 is 2.47 bits per heavy atom. The zero-order valence-corrected chi connectivity index (χ0v) is 35.4. The molecule has 10 nitrogen and oxygen atoms in total. The Labute approximate surface area is 346 Å². The van der Waals surface area contributed by atoms with Crippen LogP contribution in [0.5, 0.6) is 5.75 Å². The van der Waals surface area contributed by atoms with Gasteiger partial charge >= 0.3 is 0 Å². The summed E-state index contributed by atoms with van der Waals surface area (Å²) in [6, 6.07) is 29.1. The number of carbonyl (C=O) groups is 3. The number of hydrogen-bond acceptors (Lipinski definition) is 7. The molecular formula is C46H53ClN4O6Si. The number of fused-ring (bicyclic) bond motifs is 3. The first-order valence-electron chi connectivity index (χ1n) is 20.5. The van der Waals surface area contributed by atoms with E-state index in [0.29, 0.717) is 35.8 Å². The number of aliphatic hydroxyl groups excluding tert-OH is 1. The molecule has 0 aliphatic carbocycles. The third-order valence-corrected chi connectivity index (χ3v) is 17.9. The highest BCUT2D eigenvalue weighted by Gasteiger charge is 2.66. The number of amides is 3. The van der Waals surface area contributed by atoms with E-state index in [-0.39, 0.29) is 60.7 Å². The average Bonchev–Trinajstić information content (AvgIpc) is 3.66. The molecule has 4 heterocycles. The number of nitrogens with one attached hydrogen (secondary N) is 2. The van der Waals surface area contributed by atoms with Gasteiger partial charge in [0.25, 0.3) is 5.91 Å². The minimum atomic E-state index is -2.54. The van der Waals surface area contributed by atoms with Gasteiger partial charge in [-0.2, -0.15) is 0 Å². The van der Waals surface area contributed by atoms with Crippen LogP contribution in [0.2, 0.25) is 23.7 Å². The topological polar surface area (TPSA) is 120 Å². The fourth-order valence-corrected chi connectivity index (χ4v) is 14.4. The number of rotatable bonds is 10. The first-order valence-corrected chi connectivity index (χ1v) is 23.9. The first kappa shape index (κ1) is 40.3. The lowest BCUT2D eigenvalue weighted by atomic mass is 9.82. The number of carbonyl (C=O) groups excluding carboxylic acids is 3. The van der Waals surface area contributed by atoms with Gasteiger partial charge in [-0.1, -0.05) is 85.3 Å². The average molecular weight is 821 g/mol. The van der Waals surface area contributed by atoms with Crippen LogP contribution < -0.4 is 25.5 Å². The number of ether oxygens (including phenoxy) is 2. The van der Waals surface area contributed by atoms with Crippen molar-refractivity contribution in [3.8, 4) is 5.75 Å². The Morgan fingerprint density at radius 2 is 1.78 bits per heavy atom. The van der Waals surface area contributed by atoms with Gasteiger partial charge in [-0.05, 0) is 90.5 Å². The molecule has 4 aromatic carbocycles. The van der Waals surface area contributed by atoms with E-state index in [2.05, 4.69) is 48.9 Å². The van der Waals surface area contributed by atoms with E-state index in [1.807, 2.05) is 66.7 Å². The van der Waals surface area contributed by atoms with E-state index < -0.39 is 19.8 Å². The molecule has 0 saturated carbocycles. The second-order valence-corrected chi connectivity index (χ2v) is 22.1. The minimum Gasteiger partial charge on any atom is -0.497 e. The van der Waals surface area contributed by atoms with E-state index >= 15 is 4.79 Å². The van der Waals surface area contributed by atoms with Crippen LogP contribution in [0.15, 0.2) is 91.0 Å². The van der Waals surface area contributed by atoms with Crippen molar-refractivity contribution in [2.45, 2.75) is 82.1 Å². The van der Waals surface area contributed by atoms with Gasteiger partial charge in [-0.15, -0.1) is 0 Å². The molecule has 58 heavy (non-hydrogen) atoms. The maximum atomic E-state index is 15.3.